The fourth-order valence-corrected chi connectivity index (χ4v) is 5.44. The normalized spacial score (nSPS) is 22.6. The third kappa shape index (κ3) is 3.37. The smallest absolute Gasteiger partial charge is 0.409 e. The lowest BCUT2D eigenvalue weighted by atomic mass is 9.71. The number of amides is 1. The van der Waals surface area contributed by atoms with Gasteiger partial charge in [0.1, 0.15) is 0 Å². The lowest BCUT2D eigenvalue weighted by Gasteiger charge is -2.56. The summed E-state index contributed by atoms with van der Waals surface area (Å²) in [5.41, 5.74) is 5.60. The number of carbonyl (C=O) groups excluding carboxylic acids is 1. The number of carbonyl (C=O) groups is 1. The van der Waals surface area contributed by atoms with Crippen molar-refractivity contribution in [2.75, 3.05) is 33.3 Å². The van der Waals surface area contributed by atoms with Crippen molar-refractivity contribution >= 4 is 6.09 Å². The first kappa shape index (κ1) is 19.5. The molecule has 6 heteroatoms. The second-order valence-corrected chi connectivity index (χ2v) is 9.10. The Kier molecular flexibility index (Phi) is 4.97. The molecule has 1 aliphatic carbocycles. The molecule has 0 saturated carbocycles. The molecular formula is C24H30N4O2. The lowest BCUT2D eigenvalue weighted by molar-refractivity contribution is -0.0671. The zero-order chi connectivity index (χ0) is 20.7. The number of methoxy groups -OCH3 is 1. The first-order valence-corrected chi connectivity index (χ1v) is 11.1. The van der Waals surface area contributed by atoms with Gasteiger partial charge in [0.15, 0.2) is 5.82 Å². The molecule has 1 atom stereocenters. The van der Waals surface area contributed by atoms with E-state index in [-0.39, 0.29) is 6.09 Å². The topological polar surface area (TPSA) is 58.6 Å². The number of nitrogens with zero attached hydrogens (tertiary/aromatic N) is 4. The van der Waals surface area contributed by atoms with Gasteiger partial charge in [0.25, 0.3) is 0 Å². The molecule has 6 nitrogen and oxygen atoms in total. The highest BCUT2D eigenvalue weighted by Gasteiger charge is 2.48. The van der Waals surface area contributed by atoms with Gasteiger partial charge in [-0.3, -0.25) is 4.90 Å². The van der Waals surface area contributed by atoms with Crippen LogP contribution in [0.2, 0.25) is 0 Å². The standard InChI is InChI=1S/C24H30N4O2/c1-3-17-13-25-22(26-14-17)19-4-6-20-18(12-19)5-7-21(20)28-15-24(16-28)8-10-27(11-9-24)23(29)30-2/h4,6,12-14,21H,3,5,7-11,15-16H2,1-2H3/t21-/m1/s1. The number of fused-ring (bicyclic) bond motifs is 1. The van der Waals surface area contributed by atoms with Crippen LogP contribution in [0.25, 0.3) is 11.4 Å². The molecule has 3 aliphatic rings. The molecule has 2 aliphatic heterocycles. The van der Waals surface area contributed by atoms with Crippen LogP contribution in [0.1, 0.15) is 48.9 Å². The molecule has 2 saturated heterocycles. The number of benzene rings is 1. The molecule has 1 aromatic heterocycles. The Labute approximate surface area is 178 Å². The maximum Gasteiger partial charge on any atom is 0.409 e. The molecule has 1 amide bonds. The number of hydrogen-bond donors (Lipinski definition) is 0. The number of aromatic nitrogens is 2. The molecule has 2 aromatic rings. The molecule has 158 valence electrons. The summed E-state index contributed by atoms with van der Waals surface area (Å²) in [6.45, 7) is 6.06. The Morgan fingerprint density at radius 1 is 1.20 bits per heavy atom. The van der Waals surface area contributed by atoms with Crippen molar-refractivity contribution in [3.05, 3.63) is 47.3 Å². The van der Waals surface area contributed by atoms with Crippen LogP contribution in [0.3, 0.4) is 0 Å². The van der Waals surface area contributed by atoms with E-state index in [1.165, 1.54) is 30.2 Å². The van der Waals surface area contributed by atoms with Crippen LogP contribution in [0.4, 0.5) is 4.79 Å². The summed E-state index contributed by atoms with van der Waals surface area (Å²) in [7, 11) is 1.47. The summed E-state index contributed by atoms with van der Waals surface area (Å²) in [4.78, 5) is 25.3. The predicted octanol–water partition coefficient (Wildman–Crippen LogP) is 3.86. The van der Waals surface area contributed by atoms with Crippen molar-refractivity contribution in [2.45, 2.75) is 45.1 Å². The van der Waals surface area contributed by atoms with Crippen molar-refractivity contribution in [1.82, 2.24) is 19.8 Å². The van der Waals surface area contributed by atoms with Crippen LogP contribution < -0.4 is 0 Å². The Hall–Kier alpha value is -2.47. The Bertz CT molecular complexity index is 927. The van der Waals surface area contributed by atoms with E-state index >= 15 is 0 Å². The van der Waals surface area contributed by atoms with E-state index in [2.05, 4.69) is 40.0 Å². The summed E-state index contributed by atoms with van der Waals surface area (Å²) in [5.74, 6) is 0.818. The molecule has 1 spiro atoms. The summed E-state index contributed by atoms with van der Waals surface area (Å²) < 4.78 is 4.87. The fraction of sp³-hybridized carbons (Fsp3) is 0.542. The Balaban J connectivity index is 1.24. The molecule has 0 unspecified atom stereocenters. The van der Waals surface area contributed by atoms with E-state index in [0.717, 1.165) is 63.3 Å². The third-order valence-electron chi connectivity index (χ3n) is 7.34. The summed E-state index contributed by atoms with van der Waals surface area (Å²) in [6.07, 6.45) is 9.13. The minimum atomic E-state index is -0.185. The zero-order valence-corrected chi connectivity index (χ0v) is 17.9. The zero-order valence-electron chi connectivity index (χ0n) is 17.9. The highest BCUT2D eigenvalue weighted by atomic mass is 16.5. The molecule has 0 radical (unpaired) electrons. The molecule has 1 aromatic carbocycles. The van der Waals surface area contributed by atoms with Crippen molar-refractivity contribution in [3.8, 4) is 11.4 Å². The van der Waals surface area contributed by atoms with Crippen LogP contribution in [0.5, 0.6) is 0 Å². The van der Waals surface area contributed by atoms with Crippen molar-refractivity contribution < 1.29 is 9.53 Å². The number of rotatable bonds is 3. The van der Waals surface area contributed by atoms with E-state index in [4.69, 9.17) is 4.74 Å². The fourth-order valence-electron chi connectivity index (χ4n) is 5.44. The van der Waals surface area contributed by atoms with Crippen LogP contribution in [0, 0.1) is 5.41 Å². The van der Waals surface area contributed by atoms with Gasteiger partial charge in [-0.2, -0.15) is 0 Å². The van der Waals surface area contributed by atoms with E-state index in [9.17, 15) is 4.79 Å². The van der Waals surface area contributed by atoms with Crippen LogP contribution in [0.15, 0.2) is 30.6 Å². The molecule has 2 fully saturated rings. The average molecular weight is 407 g/mol. The molecule has 30 heavy (non-hydrogen) atoms. The molecule has 0 N–H and O–H groups in total. The second kappa shape index (κ2) is 7.65. The predicted molar refractivity (Wildman–Crippen MR) is 115 cm³/mol. The third-order valence-corrected chi connectivity index (χ3v) is 7.34. The Morgan fingerprint density at radius 2 is 1.93 bits per heavy atom. The van der Waals surface area contributed by atoms with Crippen molar-refractivity contribution in [2.24, 2.45) is 5.41 Å². The minimum absolute atomic E-state index is 0.185. The number of likely N-dealkylation sites (tertiary alicyclic amines) is 2. The van der Waals surface area contributed by atoms with E-state index in [0.29, 0.717) is 11.5 Å². The van der Waals surface area contributed by atoms with Gasteiger partial charge in [-0.05, 0) is 60.3 Å². The Morgan fingerprint density at radius 3 is 2.60 bits per heavy atom. The van der Waals surface area contributed by atoms with E-state index < -0.39 is 0 Å². The van der Waals surface area contributed by atoms with Gasteiger partial charge in [-0.25, -0.2) is 14.8 Å². The van der Waals surface area contributed by atoms with Gasteiger partial charge in [0, 0.05) is 50.2 Å². The molecule has 5 rings (SSSR count). The SMILES string of the molecule is CCc1cnc(-c2ccc3c(c2)CC[C@H]3N2CC3(CCN(C(=O)OC)CC3)C2)nc1. The molecule has 3 heterocycles. The largest absolute Gasteiger partial charge is 0.453 e. The van der Waals surface area contributed by atoms with Crippen LogP contribution in [-0.4, -0.2) is 59.1 Å². The highest BCUT2D eigenvalue weighted by Crippen LogP contribution is 2.48. The maximum atomic E-state index is 11.7. The highest BCUT2D eigenvalue weighted by molar-refractivity contribution is 5.67. The summed E-state index contributed by atoms with van der Waals surface area (Å²) >= 11 is 0. The van der Waals surface area contributed by atoms with E-state index in [1.807, 2.05) is 17.3 Å². The lowest BCUT2D eigenvalue weighted by Crippen LogP contribution is -2.61. The number of piperidine rings is 1. The molecular weight excluding hydrogens is 376 g/mol. The van der Waals surface area contributed by atoms with Gasteiger partial charge in [-0.15, -0.1) is 0 Å². The second-order valence-electron chi connectivity index (χ2n) is 9.10. The van der Waals surface area contributed by atoms with Crippen LogP contribution in [-0.2, 0) is 17.6 Å². The van der Waals surface area contributed by atoms with Crippen LogP contribution >= 0.6 is 0 Å². The van der Waals surface area contributed by atoms with Gasteiger partial charge in [0.2, 0.25) is 0 Å². The van der Waals surface area contributed by atoms with E-state index in [1.54, 1.807) is 0 Å². The number of hydrogen-bond acceptors (Lipinski definition) is 5. The average Bonchev–Trinajstić information content (AvgIpc) is 3.20. The summed E-state index contributed by atoms with van der Waals surface area (Å²) in [6, 6.07) is 7.30. The van der Waals surface area contributed by atoms with Gasteiger partial charge in [-0.1, -0.05) is 19.1 Å². The quantitative estimate of drug-likeness (QED) is 0.775. The number of aryl methyl sites for hydroxylation is 2. The maximum absolute atomic E-state index is 11.7. The first-order chi connectivity index (χ1) is 14.6. The molecule has 0 bridgehead atoms. The monoisotopic (exact) mass is 406 g/mol. The minimum Gasteiger partial charge on any atom is -0.453 e. The number of ether oxygens (including phenoxy) is 1. The first-order valence-electron chi connectivity index (χ1n) is 11.1. The van der Waals surface area contributed by atoms with Gasteiger partial charge in [0.05, 0.1) is 7.11 Å². The van der Waals surface area contributed by atoms with Gasteiger partial charge < -0.3 is 9.64 Å². The van der Waals surface area contributed by atoms with Crippen molar-refractivity contribution in [3.63, 3.8) is 0 Å². The van der Waals surface area contributed by atoms with Gasteiger partial charge >= 0.3 is 6.09 Å². The summed E-state index contributed by atoms with van der Waals surface area (Å²) in [5, 5.41) is 0. The van der Waals surface area contributed by atoms with Crippen molar-refractivity contribution in [1.29, 1.82) is 0 Å².